The molecule has 4 heteroatoms. The maximum atomic E-state index is 6.32. The molecule has 2 N–H and O–H groups in total. The zero-order valence-corrected chi connectivity index (χ0v) is 11.8. The molecule has 3 rings (SSSR count). The third-order valence-electron chi connectivity index (χ3n) is 4.32. The molecule has 1 aliphatic carbocycles. The van der Waals surface area contributed by atoms with Crippen molar-refractivity contribution in [1.29, 1.82) is 0 Å². The first-order valence-electron chi connectivity index (χ1n) is 7.11. The summed E-state index contributed by atoms with van der Waals surface area (Å²) in [4.78, 5) is 6.60. The van der Waals surface area contributed by atoms with E-state index < -0.39 is 0 Å². The van der Waals surface area contributed by atoms with Crippen LogP contribution in [0.2, 0.25) is 5.02 Å². The molecule has 0 saturated heterocycles. The minimum atomic E-state index is 0.389. The lowest BCUT2D eigenvalue weighted by molar-refractivity contribution is 0.314. The number of nitrogens with zero attached hydrogens (tertiary/aromatic N) is 2. The number of rotatable bonds is 2. The van der Waals surface area contributed by atoms with Crippen LogP contribution in [0, 0.1) is 5.92 Å². The van der Waals surface area contributed by atoms with Crippen LogP contribution in [0.3, 0.4) is 0 Å². The Morgan fingerprint density at radius 1 is 1.16 bits per heavy atom. The average molecular weight is 278 g/mol. The quantitative estimate of drug-likeness (QED) is 0.900. The summed E-state index contributed by atoms with van der Waals surface area (Å²) in [6.45, 7) is 0.807. The number of nitrogens with two attached hydrogens (primary N) is 1. The Kier molecular flexibility index (Phi) is 3.65. The summed E-state index contributed by atoms with van der Waals surface area (Å²) in [5, 5.41) is 0.753. The van der Waals surface area contributed by atoms with E-state index in [0.717, 1.165) is 17.3 Å². The molecule has 102 valence electrons. The Bertz CT molecular complexity index is 480. The van der Waals surface area contributed by atoms with Crippen molar-refractivity contribution in [3.05, 3.63) is 29.3 Å². The maximum Gasteiger partial charge on any atom is 0.196 e. The number of benzene rings is 1. The van der Waals surface area contributed by atoms with Gasteiger partial charge in [0.15, 0.2) is 5.96 Å². The van der Waals surface area contributed by atoms with Crippen LogP contribution in [0.1, 0.15) is 32.1 Å². The van der Waals surface area contributed by atoms with Crippen molar-refractivity contribution in [3.63, 3.8) is 0 Å². The highest BCUT2D eigenvalue weighted by molar-refractivity contribution is 6.33. The van der Waals surface area contributed by atoms with Crippen LogP contribution in [0.25, 0.3) is 0 Å². The van der Waals surface area contributed by atoms with Crippen LogP contribution in [0.15, 0.2) is 29.3 Å². The molecule has 1 atom stereocenters. The molecule has 0 bridgehead atoms. The molecule has 1 aromatic carbocycles. The van der Waals surface area contributed by atoms with E-state index in [1.54, 1.807) is 0 Å². The minimum absolute atomic E-state index is 0.389. The normalized spacial score (nSPS) is 24.6. The highest BCUT2D eigenvalue weighted by Gasteiger charge is 2.35. The molecule has 1 unspecified atom stereocenters. The first kappa shape index (κ1) is 12.8. The number of anilines is 1. The van der Waals surface area contributed by atoms with E-state index in [0.29, 0.717) is 17.9 Å². The number of hydrogen-bond donors (Lipinski definition) is 1. The second-order valence-corrected chi connectivity index (χ2v) is 5.89. The van der Waals surface area contributed by atoms with E-state index in [1.807, 2.05) is 24.3 Å². The van der Waals surface area contributed by atoms with E-state index in [9.17, 15) is 0 Å². The van der Waals surface area contributed by atoms with Gasteiger partial charge in [0.05, 0.1) is 23.3 Å². The molecular weight excluding hydrogens is 258 g/mol. The molecule has 1 fully saturated rings. The van der Waals surface area contributed by atoms with Crippen LogP contribution in [0.4, 0.5) is 5.69 Å². The lowest BCUT2D eigenvalue weighted by Crippen LogP contribution is -2.45. The van der Waals surface area contributed by atoms with Crippen LogP contribution in [0.5, 0.6) is 0 Å². The summed E-state index contributed by atoms with van der Waals surface area (Å²) in [5.74, 6) is 1.30. The van der Waals surface area contributed by atoms with E-state index in [-0.39, 0.29) is 0 Å². The minimum Gasteiger partial charge on any atom is -0.370 e. The smallest absolute Gasteiger partial charge is 0.196 e. The lowest BCUT2D eigenvalue weighted by Gasteiger charge is -2.35. The van der Waals surface area contributed by atoms with Crippen LogP contribution in [-0.2, 0) is 0 Å². The first-order valence-corrected chi connectivity index (χ1v) is 7.49. The summed E-state index contributed by atoms with van der Waals surface area (Å²) in [6.07, 6.45) is 6.60. The Balaban J connectivity index is 1.88. The maximum absolute atomic E-state index is 6.32. The average Bonchev–Trinajstić information content (AvgIpc) is 2.82. The number of hydrogen-bond acceptors (Lipinski definition) is 3. The van der Waals surface area contributed by atoms with Gasteiger partial charge in [-0.3, -0.25) is 4.99 Å². The highest BCUT2D eigenvalue weighted by atomic mass is 35.5. The van der Waals surface area contributed by atoms with Crippen molar-refractivity contribution in [1.82, 2.24) is 0 Å². The Labute approximate surface area is 119 Å². The zero-order chi connectivity index (χ0) is 13.2. The Hall–Kier alpha value is -1.22. The Morgan fingerprint density at radius 3 is 2.63 bits per heavy atom. The molecule has 0 spiro atoms. The number of aliphatic imine (C=N–C) groups is 1. The highest BCUT2D eigenvalue weighted by Crippen LogP contribution is 2.36. The van der Waals surface area contributed by atoms with Crippen LogP contribution < -0.4 is 10.6 Å². The van der Waals surface area contributed by atoms with E-state index in [2.05, 4.69) is 9.89 Å². The standard InChI is InChI=1S/C15H20ClN3/c16-12-8-4-5-9-13(12)19-14(10-18-15(19)17)11-6-2-1-3-7-11/h4-5,8-9,11,14H,1-3,6-7,10H2,(H2,17,18). The second-order valence-electron chi connectivity index (χ2n) is 5.49. The topological polar surface area (TPSA) is 41.6 Å². The summed E-state index contributed by atoms with van der Waals surface area (Å²) in [6, 6.07) is 8.29. The van der Waals surface area contributed by atoms with Gasteiger partial charge in [-0.1, -0.05) is 43.0 Å². The third kappa shape index (κ3) is 2.44. The molecule has 1 saturated carbocycles. The summed E-state index contributed by atoms with van der Waals surface area (Å²) >= 11 is 6.32. The van der Waals surface area contributed by atoms with Gasteiger partial charge in [-0.15, -0.1) is 0 Å². The van der Waals surface area contributed by atoms with Gasteiger partial charge in [0.2, 0.25) is 0 Å². The molecule has 0 aromatic heterocycles. The predicted molar refractivity (Wildman–Crippen MR) is 80.8 cm³/mol. The van der Waals surface area contributed by atoms with Crippen LogP contribution >= 0.6 is 11.6 Å². The zero-order valence-electron chi connectivity index (χ0n) is 11.1. The van der Waals surface area contributed by atoms with Crippen molar-refractivity contribution >= 4 is 23.2 Å². The lowest BCUT2D eigenvalue weighted by atomic mass is 9.83. The number of guanidine groups is 1. The first-order chi connectivity index (χ1) is 9.27. The molecule has 0 amide bonds. The van der Waals surface area contributed by atoms with Crippen molar-refractivity contribution in [2.24, 2.45) is 16.6 Å². The second kappa shape index (κ2) is 5.41. The number of para-hydroxylation sites is 1. The fourth-order valence-corrected chi connectivity index (χ4v) is 3.57. The molecular formula is C15H20ClN3. The third-order valence-corrected chi connectivity index (χ3v) is 4.64. The van der Waals surface area contributed by atoms with Gasteiger partial charge >= 0.3 is 0 Å². The van der Waals surface area contributed by atoms with Crippen molar-refractivity contribution < 1.29 is 0 Å². The molecule has 1 aliphatic heterocycles. The molecule has 1 aromatic rings. The molecule has 0 radical (unpaired) electrons. The van der Waals surface area contributed by atoms with Gasteiger partial charge in [-0.05, 0) is 30.9 Å². The summed E-state index contributed by atoms with van der Waals surface area (Å²) < 4.78 is 0. The molecule has 1 heterocycles. The van der Waals surface area contributed by atoms with E-state index in [4.69, 9.17) is 17.3 Å². The van der Waals surface area contributed by atoms with Gasteiger partial charge in [-0.25, -0.2) is 0 Å². The summed E-state index contributed by atoms with van der Waals surface area (Å²) in [7, 11) is 0. The fourth-order valence-electron chi connectivity index (χ4n) is 3.34. The Morgan fingerprint density at radius 2 is 1.89 bits per heavy atom. The monoisotopic (exact) mass is 277 g/mol. The van der Waals surface area contributed by atoms with E-state index in [1.165, 1.54) is 32.1 Å². The van der Waals surface area contributed by atoms with Gasteiger partial charge in [0, 0.05) is 0 Å². The largest absolute Gasteiger partial charge is 0.370 e. The van der Waals surface area contributed by atoms with Crippen molar-refractivity contribution in [2.45, 2.75) is 38.1 Å². The van der Waals surface area contributed by atoms with E-state index >= 15 is 0 Å². The molecule has 3 nitrogen and oxygen atoms in total. The van der Waals surface area contributed by atoms with Gasteiger partial charge in [-0.2, -0.15) is 0 Å². The number of halogens is 1. The fraction of sp³-hybridized carbons (Fsp3) is 0.533. The van der Waals surface area contributed by atoms with Gasteiger partial charge in [0.25, 0.3) is 0 Å². The molecule has 19 heavy (non-hydrogen) atoms. The van der Waals surface area contributed by atoms with Gasteiger partial charge in [0.1, 0.15) is 0 Å². The summed E-state index contributed by atoms with van der Waals surface area (Å²) in [5.41, 5.74) is 7.09. The SMILES string of the molecule is NC1=NCC(C2CCCCC2)N1c1ccccc1Cl. The van der Waals surface area contributed by atoms with Crippen LogP contribution in [-0.4, -0.2) is 18.5 Å². The molecule has 2 aliphatic rings. The van der Waals surface area contributed by atoms with Crippen molar-refractivity contribution in [3.8, 4) is 0 Å². The predicted octanol–water partition coefficient (Wildman–Crippen LogP) is 3.42. The van der Waals surface area contributed by atoms with Gasteiger partial charge < -0.3 is 10.6 Å². The van der Waals surface area contributed by atoms with Crippen molar-refractivity contribution in [2.75, 3.05) is 11.4 Å².